The Hall–Kier alpha value is -1.62. The van der Waals surface area contributed by atoms with Crippen LogP contribution in [-0.2, 0) is 7.05 Å². The Kier molecular flexibility index (Phi) is 3.28. The van der Waals surface area contributed by atoms with Crippen LogP contribution in [0.15, 0.2) is 23.1 Å². The Morgan fingerprint density at radius 1 is 1.35 bits per heavy atom. The normalized spacial score (nSPS) is 17.2. The van der Waals surface area contributed by atoms with Crippen molar-refractivity contribution in [3.05, 3.63) is 34.2 Å². The SMILES string of the molecule is Cn1cc(C(=O)N2CCC(N)CC2)ccc1=O. The van der Waals surface area contributed by atoms with Crippen LogP contribution >= 0.6 is 0 Å². The van der Waals surface area contributed by atoms with E-state index in [1.165, 1.54) is 10.6 Å². The standard InChI is InChI=1S/C12H17N3O2/c1-14-8-9(2-3-11(14)16)12(17)15-6-4-10(13)5-7-15/h2-3,8,10H,4-7,13H2,1H3. The number of aryl methyl sites for hydroxylation is 1. The van der Waals surface area contributed by atoms with E-state index < -0.39 is 0 Å². The van der Waals surface area contributed by atoms with Gasteiger partial charge in [0.1, 0.15) is 0 Å². The first kappa shape index (κ1) is 11.9. The van der Waals surface area contributed by atoms with E-state index in [0.29, 0.717) is 18.7 Å². The first-order chi connectivity index (χ1) is 8.08. The molecule has 5 nitrogen and oxygen atoms in total. The van der Waals surface area contributed by atoms with Crippen molar-refractivity contribution in [2.75, 3.05) is 13.1 Å². The molecule has 0 radical (unpaired) electrons. The van der Waals surface area contributed by atoms with Crippen LogP contribution in [-0.4, -0.2) is 34.5 Å². The van der Waals surface area contributed by atoms with Crippen molar-refractivity contribution in [3.8, 4) is 0 Å². The van der Waals surface area contributed by atoms with E-state index in [-0.39, 0.29) is 17.5 Å². The summed E-state index contributed by atoms with van der Waals surface area (Å²) in [6.07, 6.45) is 3.27. The Labute approximate surface area is 99.8 Å². The van der Waals surface area contributed by atoms with Crippen LogP contribution in [0.2, 0.25) is 0 Å². The van der Waals surface area contributed by atoms with Crippen molar-refractivity contribution < 1.29 is 4.79 Å². The summed E-state index contributed by atoms with van der Waals surface area (Å²) in [7, 11) is 1.64. The van der Waals surface area contributed by atoms with Gasteiger partial charge in [-0.2, -0.15) is 0 Å². The lowest BCUT2D eigenvalue weighted by atomic mass is 10.1. The van der Waals surface area contributed by atoms with E-state index in [0.717, 1.165) is 12.8 Å². The molecule has 5 heteroatoms. The molecule has 92 valence electrons. The number of aromatic nitrogens is 1. The molecule has 2 rings (SSSR count). The molecule has 0 bridgehead atoms. The lowest BCUT2D eigenvalue weighted by molar-refractivity contribution is 0.0714. The van der Waals surface area contributed by atoms with Crippen LogP contribution < -0.4 is 11.3 Å². The van der Waals surface area contributed by atoms with Gasteiger partial charge in [0.25, 0.3) is 5.91 Å². The number of amides is 1. The maximum atomic E-state index is 12.1. The van der Waals surface area contributed by atoms with E-state index >= 15 is 0 Å². The molecule has 1 saturated heterocycles. The van der Waals surface area contributed by atoms with E-state index in [9.17, 15) is 9.59 Å². The molecular weight excluding hydrogens is 218 g/mol. The number of likely N-dealkylation sites (tertiary alicyclic amines) is 1. The summed E-state index contributed by atoms with van der Waals surface area (Å²) in [6, 6.07) is 3.21. The molecule has 0 spiro atoms. The molecule has 1 aromatic heterocycles. The average Bonchev–Trinajstić information content (AvgIpc) is 2.33. The minimum atomic E-state index is -0.109. The molecule has 1 amide bonds. The van der Waals surface area contributed by atoms with Crippen LogP contribution in [0, 0.1) is 0 Å². The Balaban J connectivity index is 2.14. The predicted octanol–water partition coefficient (Wildman–Crippen LogP) is -0.0514. The van der Waals surface area contributed by atoms with Crippen LogP contribution in [0.3, 0.4) is 0 Å². The number of pyridine rings is 1. The van der Waals surface area contributed by atoms with Gasteiger partial charge in [0.05, 0.1) is 5.56 Å². The number of piperidine rings is 1. The van der Waals surface area contributed by atoms with Gasteiger partial charge >= 0.3 is 0 Å². The molecule has 1 aliphatic heterocycles. The molecule has 0 aliphatic carbocycles. The van der Waals surface area contributed by atoms with Gasteiger partial charge in [-0.15, -0.1) is 0 Å². The predicted molar refractivity (Wildman–Crippen MR) is 64.8 cm³/mol. The second-order valence-electron chi connectivity index (χ2n) is 4.50. The third-order valence-electron chi connectivity index (χ3n) is 3.16. The smallest absolute Gasteiger partial charge is 0.255 e. The zero-order valence-electron chi connectivity index (χ0n) is 9.93. The van der Waals surface area contributed by atoms with E-state index in [2.05, 4.69) is 0 Å². The second kappa shape index (κ2) is 4.71. The van der Waals surface area contributed by atoms with Crippen molar-refractivity contribution >= 4 is 5.91 Å². The lowest BCUT2D eigenvalue weighted by Gasteiger charge is -2.30. The number of nitrogens with two attached hydrogens (primary N) is 1. The van der Waals surface area contributed by atoms with Crippen molar-refractivity contribution in [2.45, 2.75) is 18.9 Å². The lowest BCUT2D eigenvalue weighted by Crippen LogP contribution is -2.43. The molecule has 17 heavy (non-hydrogen) atoms. The summed E-state index contributed by atoms with van der Waals surface area (Å²) >= 11 is 0. The van der Waals surface area contributed by atoms with E-state index in [4.69, 9.17) is 5.73 Å². The van der Waals surface area contributed by atoms with Gasteiger partial charge in [-0.3, -0.25) is 9.59 Å². The van der Waals surface area contributed by atoms with E-state index in [1.54, 1.807) is 24.2 Å². The maximum absolute atomic E-state index is 12.1. The third-order valence-corrected chi connectivity index (χ3v) is 3.16. The first-order valence-corrected chi connectivity index (χ1v) is 5.79. The van der Waals surface area contributed by atoms with Crippen molar-refractivity contribution in [1.82, 2.24) is 9.47 Å². The number of nitrogens with zero attached hydrogens (tertiary/aromatic N) is 2. The number of hydrogen-bond acceptors (Lipinski definition) is 3. The highest BCUT2D eigenvalue weighted by molar-refractivity contribution is 5.93. The number of carbonyl (C=O) groups excluding carboxylic acids is 1. The third kappa shape index (κ3) is 2.55. The number of rotatable bonds is 1. The maximum Gasteiger partial charge on any atom is 0.255 e. The van der Waals surface area contributed by atoms with Crippen LogP contribution in [0.5, 0.6) is 0 Å². The fourth-order valence-corrected chi connectivity index (χ4v) is 2.01. The summed E-state index contributed by atoms with van der Waals surface area (Å²) in [4.78, 5) is 25.2. The summed E-state index contributed by atoms with van der Waals surface area (Å²) in [5.74, 6) is -0.0208. The monoisotopic (exact) mass is 235 g/mol. The molecule has 0 atom stereocenters. The Morgan fingerprint density at radius 3 is 2.59 bits per heavy atom. The average molecular weight is 235 g/mol. The molecule has 0 saturated carbocycles. The van der Waals surface area contributed by atoms with E-state index in [1.807, 2.05) is 0 Å². The summed E-state index contributed by atoms with van der Waals surface area (Å²) in [5, 5.41) is 0. The van der Waals surface area contributed by atoms with Gasteiger partial charge in [-0.25, -0.2) is 0 Å². The Bertz CT molecular complexity index is 473. The topological polar surface area (TPSA) is 68.3 Å². The molecule has 2 heterocycles. The fourth-order valence-electron chi connectivity index (χ4n) is 2.01. The van der Waals surface area contributed by atoms with Crippen molar-refractivity contribution in [3.63, 3.8) is 0 Å². The molecule has 1 fully saturated rings. The van der Waals surface area contributed by atoms with Gasteiger partial charge in [-0.1, -0.05) is 0 Å². The van der Waals surface area contributed by atoms with Crippen molar-refractivity contribution in [2.24, 2.45) is 12.8 Å². The summed E-state index contributed by atoms with van der Waals surface area (Å²) in [5.41, 5.74) is 6.25. The van der Waals surface area contributed by atoms with Gasteiger partial charge in [0, 0.05) is 38.4 Å². The van der Waals surface area contributed by atoms with Crippen molar-refractivity contribution in [1.29, 1.82) is 0 Å². The quantitative estimate of drug-likeness (QED) is 0.742. The highest BCUT2D eigenvalue weighted by Gasteiger charge is 2.21. The zero-order chi connectivity index (χ0) is 12.4. The molecule has 2 N–H and O–H groups in total. The minimum absolute atomic E-state index is 0.0208. The van der Waals surface area contributed by atoms with Gasteiger partial charge < -0.3 is 15.2 Å². The highest BCUT2D eigenvalue weighted by Crippen LogP contribution is 2.11. The minimum Gasteiger partial charge on any atom is -0.338 e. The largest absolute Gasteiger partial charge is 0.338 e. The first-order valence-electron chi connectivity index (χ1n) is 5.79. The summed E-state index contributed by atoms with van der Waals surface area (Å²) in [6.45, 7) is 1.39. The molecule has 1 aliphatic rings. The molecule has 0 unspecified atom stereocenters. The number of carbonyl (C=O) groups is 1. The highest BCUT2D eigenvalue weighted by atomic mass is 16.2. The molecular formula is C12H17N3O2. The Morgan fingerprint density at radius 2 is 2.00 bits per heavy atom. The molecule has 1 aromatic rings. The van der Waals surface area contributed by atoms with Crippen LogP contribution in [0.1, 0.15) is 23.2 Å². The van der Waals surface area contributed by atoms with Gasteiger partial charge in [0.15, 0.2) is 0 Å². The summed E-state index contributed by atoms with van der Waals surface area (Å²) < 4.78 is 1.42. The fraction of sp³-hybridized carbons (Fsp3) is 0.500. The number of hydrogen-bond donors (Lipinski definition) is 1. The molecule has 0 aromatic carbocycles. The van der Waals surface area contributed by atoms with Crippen LogP contribution in [0.4, 0.5) is 0 Å². The van der Waals surface area contributed by atoms with Gasteiger partial charge in [0.2, 0.25) is 5.56 Å². The second-order valence-corrected chi connectivity index (χ2v) is 4.50. The van der Waals surface area contributed by atoms with Crippen LogP contribution in [0.25, 0.3) is 0 Å². The zero-order valence-corrected chi connectivity index (χ0v) is 9.93. The van der Waals surface area contributed by atoms with Gasteiger partial charge in [-0.05, 0) is 18.9 Å².